The standard InChI is InChI=1S/C24H28N2O3/c1-19-9-11-20(12-10-19)25-16-5-14-24(23(25)28)15-6-17-26(24)22(27)13-18-29-21-7-3-2-4-8-21/h2-4,7-12H,5-6,13-18H2,1H3. The van der Waals surface area contributed by atoms with Crippen LogP contribution in [0.25, 0.3) is 0 Å². The highest BCUT2D eigenvalue weighted by Crippen LogP contribution is 2.40. The van der Waals surface area contributed by atoms with Gasteiger partial charge in [0, 0.05) is 18.8 Å². The normalized spacial score (nSPS) is 21.6. The van der Waals surface area contributed by atoms with Gasteiger partial charge in [0.15, 0.2) is 0 Å². The van der Waals surface area contributed by atoms with Gasteiger partial charge < -0.3 is 14.5 Å². The maximum Gasteiger partial charge on any atom is 0.252 e. The molecule has 4 rings (SSSR count). The molecule has 2 aliphatic heterocycles. The molecule has 0 aliphatic carbocycles. The Kier molecular flexibility index (Phi) is 5.56. The fraction of sp³-hybridized carbons (Fsp3) is 0.417. The van der Waals surface area contributed by atoms with E-state index < -0.39 is 5.54 Å². The van der Waals surface area contributed by atoms with Crippen molar-refractivity contribution in [2.24, 2.45) is 0 Å². The first kappa shape index (κ1) is 19.5. The second-order valence-electron chi connectivity index (χ2n) is 7.99. The van der Waals surface area contributed by atoms with E-state index in [9.17, 15) is 9.59 Å². The molecular formula is C24H28N2O3. The van der Waals surface area contributed by atoms with Gasteiger partial charge in [0.2, 0.25) is 5.91 Å². The minimum atomic E-state index is -0.688. The summed E-state index contributed by atoms with van der Waals surface area (Å²) < 4.78 is 5.70. The Morgan fingerprint density at radius 1 is 1.00 bits per heavy atom. The third-order valence-corrected chi connectivity index (χ3v) is 6.08. The molecule has 29 heavy (non-hydrogen) atoms. The molecule has 2 heterocycles. The van der Waals surface area contributed by atoms with Gasteiger partial charge in [0.25, 0.3) is 5.91 Å². The number of carbonyl (C=O) groups is 2. The molecule has 1 spiro atoms. The van der Waals surface area contributed by atoms with Gasteiger partial charge >= 0.3 is 0 Å². The maximum absolute atomic E-state index is 13.5. The summed E-state index contributed by atoms with van der Waals surface area (Å²) in [5, 5.41) is 0. The molecule has 2 fully saturated rings. The van der Waals surface area contributed by atoms with Crippen molar-refractivity contribution in [2.45, 2.75) is 44.6 Å². The first-order valence-corrected chi connectivity index (χ1v) is 10.5. The molecule has 2 aromatic rings. The predicted octanol–water partition coefficient (Wildman–Crippen LogP) is 3.95. The second kappa shape index (κ2) is 8.27. The monoisotopic (exact) mass is 392 g/mol. The third-order valence-electron chi connectivity index (χ3n) is 6.08. The number of nitrogens with zero attached hydrogens (tertiary/aromatic N) is 2. The molecular weight excluding hydrogens is 364 g/mol. The number of likely N-dealkylation sites (tertiary alicyclic amines) is 1. The molecule has 0 bridgehead atoms. The first-order valence-electron chi connectivity index (χ1n) is 10.5. The van der Waals surface area contributed by atoms with Gasteiger partial charge in [-0.1, -0.05) is 35.9 Å². The first-order chi connectivity index (χ1) is 14.1. The maximum atomic E-state index is 13.5. The highest BCUT2D eigenvalue weighted by atomic mass is 16.5. The predicted molar refractivity (Wildman–Crippen MR) is 113 cm³/mol. The molecule has 1 atom stereocenters. The average Bonchev–Trinajstić information content (AvgIpc) is 3.16. The van der Waals surface area contributed by atoms with Crippen LogP contribution < -0.4 is 9.64 Å². The van der Waals surface area contributed by atoms with Gasteiger partial charge in [-0.05, 0) is 56.9 Å². The highest BCUT2D eigenvalue weighted by molar-refractivity contribution is 6.03. The lowest BCUT2D eigenvalue weighted by atomic mass is 9.85. The van der Waals surface area contributed by atoms with Crippen molar-refractivity contribution in [3.8, 4) is 5.75 Å². The SMILES string of the molecule is Cc1ccc(N2CCCC3(CCCN3C(=O)CCOc3ccccc3)C2=O)cc1. The van der Waals surface area contributed by atoms with Crippen LogP contribution in [0.2, 0.25) is 0 Å². The number of para-hydroxylation sites is 1. The van der Waals surface area contributed by atoms with Crippen LogP contribution in [-0.2, 0) is 9.59 Å². The number of piperidine rings is 1. The van der Waals surface area contributed by atoms with Crippen LogP contribution >= 0.6 is 0 Å². The molecule has 2 amide bonds. The fourth-order valence-corrected chi connectivity index (χ4v) is 4.59. The van der Waals surface area contributed by atoms with Crippen molar-refractivity contribution in [3.05, 3.63) is 60.2 Å². The van der Waals surface area contributed by atoms with Crippen LogP contribution in [0.15, 0.2) is 54.6 Å². The van der Waals surface area contributed by atoms with Crippen molar-refractivity contribution >= 4 is 17.5 Å². The van der Waals surface area contributed by atoms with Gasteiger partial charge in [-0.25, -0.2) is 0 Å². The summed E-state index contributed by atoms with van der Waals surface area (Å²) in [6, 6.07) is 17.6. The minimum absolute atomic E-state index is 0.0116. The molecule has 0 saturated carbocycles. The summed E-state index contributed by atoms with van der Waals surface area (Å²) in [6.07, 6.45) is 3.57. The molecule has 2 saturated heterocycles. The Hall–Kier alpha value is -2.82. The lowest BCUT2D eigenvalue weighted by Gasteiger charge is -2.44. The number of amides is 2. The van der Waals surface area contributed by atoms with Crippen LogP contribution in [0.4, 0.5) is 5.69 Å². The van der Waals surface area contributed by atoms with E-state index in [1.54, 1.807) is 0 Å². The zero-order valence-corrected chi connectivity index (χ0v) is 17.0. The molecule has 0 N–H and O–H groups in total. The Balaban J connectivity index is 1.46. The number of carbonyl (C=O) groups excluding carboxylic acids is 2. The van der Waals surface area contributed by atoms with Crippen molar-refractivity contribution < 1.29 is 14.3 Å². The quantitative estimate of drug-likeness (QED) is 0.774. The molecule has 152 valence electrons. The molecule has 5 nitrogen and oxygen atoms in total. The third kappa shape index (κ3) is 3.86. The van der Waals surface area contributed by atoms with E-state index in [0.717, 1.165) is 37.1 Å². The van der Waals surface area contributed by atoms with E-state index in [-0.39, 0.29) is 18.2 Å². The number of hydrogen-bond donors (Lipinski definition) is 0. The average molecular weight is 392 g/mol. The fourth-order valence-electron chi connectivity index (χ4n) is 4.59. The number of anilines is 1. The summed E-state index contributed by atoms with van der Waals surface area (Å²) in [5.41, 5.74) is 1.41. The zero-order chi connectivity index (χ0) is 20.3. The summed E-state index contributed by atoms with van der Waals surface area (Å²) in [5.74, 6) is 0.843. The van der Waals surface area contributed by atoms with E-state index in [1.807, 2.05) is 71.3 Å². The van der Waals surface area contributed by atoms with E-state index in [0.29, 0.717) is 19.7 Å². The van der Waals surface area contributed by atoms with Gasteiger partial charge in [-0.15, -0.1) is 0 Å². The number of hydrogen-bond acceptors (Lipinski definition) is 3. The lowest BCUT2D eigenvalue weighted by molar-refractivity contribution is -0.145. The minimum Gasteiger partial charge on any atom is -0.493 e. The Morgan fingerprint density at radius 3 is 2.41 bits per heavy atom. The van der Waals surface area contributed by atoms with Crippen molar-refractivity contribution in [1.29, 1.82) is 0 Å². The van der Waals surface area contributed by atoms with Crippen LogP contribution in [-0.4, -0.2) is 41.9 Å². The molecule has 0 radical (unpaired) electrons. The Labute approximate surface area is 172 Å². The second-order valence-corrected chi connectivity index (χ2v) is 7.99. The van der Waals surface area contributed by atoms with Crippen molar-refractivity contribution in [1.82, 2.24) is 4.90 Å². The molecule has 0 aromatic heterocycles. The van der Waals surface area contributed by atoms with Gasteiger partial charge in [-0.3, -0.25) is 9.59 Å². The number of aryl methyl sites for hydroxylation is 1. The van der Waals surface area contributed by atoms with E-state index in [1.165, 1.54) is 5.56 Å². The van der Waals surface area contributed by atoms with Gasteiger partial charge in [0.1, 0.15) is 11.3 Å². The van der Waals surface area contributed by atoms with Crippen molar-refractivity contribution in [3.63, 3.8) is 0 Å². The smallest absolute Gasteiger partial charge is 0.252 e. The summed E-state index contributed by atoms with van der Waals surface area (Å²) >= 11 is 0. The number of benzene rings is 2. The summed E-state index contributed by atoms with van der Waals surface area (Å²) in [7, 11) is 0. The molecule has 5 heteroatoms. The van der Waals surface area contributed by atoms with Crippen LogP contribution in [0.1, 0.15) is 37.7 Å². The molecule has 1 unspecified atom stereocenters. The van der Waals surface area contributed by atoms with Gasteiger partial charge in [0.05, 0.1) is 13.0 Å². The van der Waals surface area contributed by atoms with Crippen molar-refractivity contribution in [2.75, 3.05) is 24.6 Å². The Morgan fingerprint density at radius 2 is 1.69 bits per heavy atom. The van der Waals surface area contributed by atoms with E-state index in [4.69, 9.17) is 4.74 Å². The number of rotatable bonds is 5. The molecule has 2 aromatic carbocycles. The zero-order valence-electron chi connectivity index (χ0n) is 17.0. The molecule has 2 aliphatic rings. The summed E-state index contributed by atoms with van der Waals surface area (Å²) in [6.45, 7) is 3.73. The van der Waals surface area contributed by atoms with Crippen LogP contribution in [0.3, 0.4) is 0 Å². The topological polar surface area (TPSA) is 49.9 Å². The van der Waals surface area contributed by atoms with Gasteiger partial charge in [-0.2, -0.15) is 0 Å². The van der Waals surface area contributed by atoms with E-state index >= 15 is 0 Å². The van der Waals surface area contributed by atoms with Crippen LogP contribution in [0.5, 0.6) is 5.75 Å². The largest absolute Gasteiger partial charge is 0.493 e. The Bertz CT molecular complexity index is 865. The highest BCUT2D eigenvalue weighted by Gasteiger charge is 2.52. The summed E-state index contributed by atoms with van der Waals surface area (Å²) in [4.78, 5) is 30.3. The van der Waals surface area contributed by atoms with Crippen LogP contribution in [0, 0.1) is 6.92 Å². The van der Waals surface area contributed by atoms with E-state index in [2.05, 4.69) is 0 Å². The number of ether oxygens (including phenoxy) is 1. The lowest BCUT2D eigenvalue weighted by Crippen LogP contribution is -2.61.